The molecular formula is C25H29N5O4S. The highest BCUT2D eigenvalue weighted by Gasteiger charge is 2.40. The summed E-state index contributed by atoms with van der Waals surface area (Å²) in [4.78, 5) is 49.5. The van der Waals surface area contributed by atoms with Crippen molar-refractivity contribution in [1.29, 1.82) is 0 Å². The van der Waals surface area contributed by atoms with Gasteiger partial charge in [0.05, 0.1) is 27.3 Å². The van der Waals surface area contributed by atoms with Crippen LogP contribution in [-0.4, -0.2) is 39.0 Å². The molecule has 5 rings (SSSR count). The molecule has 3 heterocycles. The highest BCUT2D eigenvalue weighted by molar-refractivity contribution is 7.11. The van der Waals surface area contributed by atoms with E-state index in [0.29, 0.717) is 13.1 Å². The van der Waals surface area contributed by atoms with Crippen LogP contribution in [0.5, 0.6) is 5.75 Å². The topological polar surface area (TPSA) is 125 Å². The lowest BCUT2D eigenvalue weighted by Gasteiger charge is -2.39. The molecule has 0 radical (unpaired) electrons. The Labute approximate surface area is 206 Å². The Balaban J connectivity index is 1.43. The number of aryl methyl sites for hydroxylation is 2. The molecule has 1 unspecified atom stereocenters. The maximum Gasteiger partial charge on any atom is 0.276 e. The number of thiazole rings is 1. The number of nitrogens with zero attached hydrogens (tertiary/aromatic N) is 3. The summed E-state index contributed by atoms with van der Waals surface area (Å²) in [6.45, 7) is 7.48. The van der Waals surface area contributed by atoms with E-state index in [0.717, 1.165) is 47.7 Å². The summed E-state index contributed by atoms with van der Waals surface area (Å²) in [7, 11) is 0. The van der Waals surface area contributed by atoms with Gasteiger partial charge < -0.3 is 20.6 Å². The third-order valence-corrected chi connectivity index (χ3v) is 8.19. The standard InChI is InChI=1S/C25H29N5O4S/c1-13-27-15-7-9-25(2,3)23(22(15)35-13)29-17-16(20(32)21(17)33)28-14-8-10-26-18(19(14)31)24(34)30-11-5-4-6-12-30/h8,10,23,29,31H,4-7,9,11-12H2,1-3H3,(H,26,28). The highest BCUT2D eigenvalue weighted by Crippen LogP contribution is 2.47. The summed E-state index contributed by atoms with van der Waals surface area (Å²) >= 11 is 1.60. The predicted octanol–water partition coefficient (Wildman–Crippen LogP) is 3.64. The Morgan fingerprint density at radius 2 is 1.89 bits per heavy atom. The largest absolute Gasteiger partial charge is 0.504 e. The molecule has 0 saturated carbocycles. The number of carbonyl (C=O) groups excluding carboxylic acids is 1. The average Bonchev–Trinajstić information content (AvgIpc) is 3.23. The zero-order valence-corrected chi connectivity index (χ0v) is 20.9. The van der Waals surface area contributed by atoms with Crippen molar-refractivity contribution in [3.8, 4) is 5.75 Å². The van der Waals surface area contributed by atoms with Gasteiger partial charge in [0.25, 0.3) is 16.8 Å². The zero-order chi connectivity index (χ0) is 24.9. The van der Waals surface area contributed by atoms with Crippen molar-refractivity contribution in [3.63, 3.8) is 0 Å². The molecule has 184 valence electrons. The summed E-state index contributed by atoms with van der Waals surface area (Å²) in [6.07, 6.45) is 6.09. The smallest absolute Gasteiger partial charge is 0.276 e. The van der Waals surface area contributed by atoms with Crippen molar-refractivity contribution >= 4 is 34.3 Å². The van der Waals surface area contributed by atoms with Crippen molar-refractivity contribution in [2.24, 2.45) is 5.41 Å². The van der Waals surface area contributed by atoms with Gasteiger partial charge in [-0.3, -0.25) is 14.4 Å². The van der Waals surface area contributed by atoms with Gasteiger partial charge in [-0.1, -0.05) is 13.8 Å². The third kappa shape index (κ3) is 4.09. The number of amides is 1. The number of likely N-dealkylation sites (tertiary alicyclic amines) is 1. The number of aromatic nitrogens is 2. The van der Waals surface area contributed by atoms with E-state index in [2.05, 4.69) is 34.4 Å². The van der Waals surface area contributed by atoms with Gasteiger partial charge in [0.1, 0.15) is 11.4 Å². The number of pyridine rings is 1. The number of hydrogen-bond acceptors (Lipinski definition) is 9. The number of aromatic hydroxyl groups is 1. The normalized spacial score (nSPS) is 19.4. The monoisotopic (exact) mass is 495 g/mol. The Bertz CT molecular complexity index is 1370. The van der Waals surface area contributed by atoms with Gasteiger partial charge in [0.2, 0.25) is 0 Å². The van der Waals surface area contributed by atoms with E-state index in [4.69, 9.17) is 0 Å². The molecule has 1 saturated heterocycles. The van der Waals surface area contributed by atoms with Gasteiger partial charge >= 0.3 is 0 Å². The fraction of sp³-hybridized carbons (Fsp3) is 0.480. The van der Waals surface area contributed by atoms with Crippen LogP contribution < -0.4 is 21.5 Å². The lowest BCUT2D eigenvalue weighted by Crippen LogP contribution is -2.41. The molecule has 2 aliphatic rings. The van der Waals surface area contributed by atoms with E-state index >= 15 is 0 Å². The van der Waals surface area contributed by atoms with E-state index in [1.54, 1.807) is 16.2 Å². The van der Waals surface area contributed by atoms with Crippen LogP contribution in [0.1, 0.15) is 71.6 Å². The van der Waals surface area contributed by atoms with Gasteiger partial charge in [0.15, 0.2) is 11.4 Å². The summed E-state index contributed by atoms with van der Waals surface area (Å²) in [5, 5.41) is 18.0. The first-order valence-electron chi connectivity index (χ1n) is 12.0. The summed E-state index contributed by atoms with van der Waals surface area (Å²) in [6, 6.07) is 1.31. The Morgan fingerprint density at radius 3 is 2.63 bits per heavy atom. The maximum absolute atomic E-state index is 12.9. The van der Waals surface area contributed by atoms with E-state index in [9.17, 15) is 19.5 Å². The first-order chi connectivity index (χ1) is 16.7. The molecule has 0 bridgehead atoms. The average molecular weight is 496 g/mol. The number of piperidine rings is 1. The first-order valence-corrected chi connectivity index (χ1v) is 12.8. The van der Waals surface area contributed by atoms with Gasteiger partial charge in [-0.05, 0) is 50.5 Å². The molecule has 1 fully saturated rings. The number of rotatable bonds is 5. The minimum absolute atomic E-state index is 0.0664. The minimum Gasteiger partial charge on any atom is -0.504 e. The van der Waals surface area contributed by atoms with Crippen LogP contribution in [0.15, 0.2) is 21.9 Å². The minimum atomic E-state index is -0.665. The molecule has 1 atom stereocenters. The molecule has 1 aliphatic heterocycles. The molecule has 10 heteroatoms. The van der Waals surface area contributed by atoms with Gasteiger partial charge in [-0.25, -0.2) is 9.97 Å². The fourth-order valence-corrected chi connectivity index (χ4v) is 6.21. The van der Waals surface area contributed by atoms with Crippen LogP contribution in [0.25, 0.3) is 0 Å². The van der Waals surface area contributed by atoms with Crippen molar-refractivity contribution in [3.05, 3.63) is 54.0 Å². The van der Waals surface area contributed by atoms with Gasteiger partial charge in [-0.15, -0.1) is 11.3 Å². The van der Waals surface area contributed by atoms with Gasteiger partial charge in [-0.2, -0.15) is 0 Å². The van der Waals surface area contributed by atoms with E-state index < -0.39 is 10.9 Å². The molecular weight excluding hydrogens is 466 g/mol. The molecule has 1 aliphatic carbocycles. The van der Waals surface area contributed by atoms with E-state index in [-0.39, 0.29) is 45.9 Å². The molecule has 9 nitrogen and oxygen atoms in total. The Morgan fingerprint density at radius 1 is 1.17 bits per heavy atom. The van der Waals surface area contributed by atoms with Crippen LogP contribution in [0, 0.1) is 12.3 Å². The molecule has 1 amide bonds. The SMILES string of the molecule is Cc1nc2c(s1)C(Nc1c(Nc3ccnc(C(=O)N4CCCCC4)c3O)c(=O)c1=O)C(C)(C)CC2. The number of hydrogen-bond donors (Lipinski definition) is 3. The van der Waals surface area contributed by atoms with Crippen LogP contribution in [0.2, 0.25) is 0 Å². The van der Waals surface area contributed by atoms with Crippen molar-refractivity contribution in [1.82, 2.24) is 14.9 Å². The molecule has 2 aromatic heterocycles. The maximum atomic E-state index is 12.9. The molecule has 3 aromatic rings. The second-order valence-corrected chi connectivity index (χ2v) is 11.3. The highest BCUT2D eigenvalue weighted by atomic mass is 32.1. The van der Waals surface area contributed by atoms with Crippen molar-refractivity contribution in [2.45, 2.75) is 58.9 Å². The van der Waals surface area contributed by atoms with Crippen molar-refractivity contribution in [2.75, 3.05) is 23.7 Å². The summed E-state index contributed by atoms with van der Waals surface area (Å²) < 4.78 is 0. The molecule has 0 spiro atoms. The van der Waals surface area contributed by atoms with Crippen molar-refractivity contribution < 1.29 is 9.90 Å². The molecule has 1 aromatic carbocycles. The number of carbonyl (C=O) groups is 1. The summed E-state index contributed by atoms with van der Waals surface area (Å²) in [5.41, 5.74) is -0.0300. The number of fused-ring (bicyclic) bond motifs is 1. The lowest BCUT2D eigenvalue weighted by atomic mass is 9.74. The Kier molecular flexibility index (Phi) is 5.86. The quantitative estimate of drug-likeness (QED) is 0.458. The van der Waals surface area contributed by atoms with Crippen LogP contribution in [-0.2, 0) is 6.42 Å². The van der Waals surface area contributed by atoms with Crippen LogP contribution >= 0.6 is 11.3 Å². The zero-order valence-electron chi connectivity index (χ0n) is 20.1. The molecule has 3 N–H and O–H groups in total. The first kappa shape index (κ1) is 23.5. The third-order valence-electron chi connectivity index (χ3n) is 7.11. The lowest BCUT2D eigenvalue weighted by molar-refractivity contribution is 0.0715. The number of anilines is 3. The second kappa shape index (κ2) is 8.75. The van der Waals surface area contributed by atoms with E-state index in [1.807, 2.05) is 6.92 Å². The van der Waals surface area contributed by atoms with E-state index in [1.165, 1.54) is 12.3 Å². The number of nitrogens with one attached hydrogen (secondary N) is 2. The molecule has 35 heavy (non-hydrogen) atoms. The fourth-order valence-electron chi connectivity index (χ4n) is 4.98. The van der Waals surface area contributed by atoms with Gasteiger partial charge in [0, 0.05) is 19.3 Å². The second-order valence-electron chi connectivity index (χ2n) is 10.1. The Hall–Kier alpha value is -3.27. The van der Waals surface area contributed by atoms with Crippen LogP contribution in [0.3, 0.4) is 0 Å². The predicted molar refractivity (Wildman–Crippen MR) is 136 cm³/mol. The van der Waals surface area contributed by atoms with Crippen LogP contribution in [0.4, 0.5) is 17.1 Å². The summed E-state index contributed by atoms with van der Waals surface area (Å²) in [5.74, 6) is -0.674.